The highest BCUT2D eigenvalue weighted by molar-refractivity contribution is 6.32. The van der Waals surface area contributed by atoms with Crippen molar-refractivity contribution >= 4 is 41.0 Å². The minimum Gasteiger partial charge on any atom is -0.493 e. The van der Waals surface area contributed by atoms with Crippen LogP contribution in [0.1, 0.15) is 28.4 Å². The second kappa shape index (κ2) is 9.80. The van der Waals surface area contributed by atoms with E-state index in [-0.39, 0.29) is 11.5 Å². The quantitative estimate of drug-likeness (QED) is 0.459. The Morgan fingerprint density at radius 2 is 1.85 bits per heavy atom. The molecule has 3 aromatic carbocycles. The number of ether oxygens (including phenoxy) is 2. The molecule has 0 bridgehead atoms. The number of anilines is 1. The summed E-state index contributed by atoms with van der Waals surface area (Å²) in [6.45, 7) is 2.08. The fourth-order valence-corrected chi connectivity index (χ4v) is 3.56. The Hall–Kier alpha value is -4.10. The number of carbonyl (C=O) groups is 2. The van der Waals surface area contributed by atoms with Gasteiger partial charge in [0.25, 0.3) is 5.91 Å². The number of hydrogen-bond donors (Lipinski definition) is 1. The normalized spacial score (nSPS) is 14.3. The lowest BCUT2D eigenvalue weighted by atomic mass is 10.1. The topological polar surface area (TPSA) is 88.4 Å². The Kier molecular flexibility index (Phi) is 6.65. The molecule has 172 valence electrons. The van der Waals surface area contributed by atoms with Crippen LogP contribution in [-0.4, -0.2) is 29.8 Å². The lowest BCUT2D eigenvalue weighted by molar-refractivity contribution is -0.114. The number of aromatic carboxylic acids is 1. The summed E-state index contributed by atoms with van der Waals surface area (Å²) in [5.41, 5.74) is 3.08. The van der Waals surface area contributed by atoms with Gasteiger partial charge in [0.2, 0.25) is 0 Å². The molecular formula is C26H21ClN2O5. The molecule has 0 fully saturated rings. The van der Waals surface area contributed by atoms with Gasteiger partial charge in [0, 0.05) is 5.02 Å². The van der Waals surface area contributed by atoms with E-state index in [0.29, 0.717) is 40.1 Å². The maximum Gasteiger partial charge on any atom is 0.335 e. The first-order valence-electron chi connectivity index (χ1n) is 10.4. The molecule has 1 heterocycles. The third kappa shape index (κ3) is 4.94. The number of hydrazone groups is 1. The molecule has 0 saturated carbocycles. The van der Waals surface area contributed by atoms with E-state index in [1.807, 2.05) is 18.2 Å². The van der Waals surface area contributed by atoms with Gasteiger partial charge in [0.05, 0.1) is 29.6 Å². The smallest absolute Gasteiger partial charge is 0.335 e. The van der Waals surface area contributed by atoms with E-state index < -0.39 is 5.97 Å². The average molecular weight is 477 g/mol. The Morgan fingerprint density at radius 3 is 2.56 bits per heavy atom. The van der Waals surface area contributed by atoms with E-state index >= 15 is 0 Å². The number of methoxy groups -OCH3 is 1. The van der Waals surface area contributed by atoms with Crippen molar-refractivity contribution in [1.82, 2.24) is 0 Å². The Labute approximate surface area is 201 Å². The van der Waals surface area contributed by atoms with Crippen molar-refractivity contribution in [1.29, 1.82) is 0 Å². The zero-order valence-electron chi connectivity index (χ0n) is 18.5. The van der Waals surface area contributed by atoms with Gasteiger partial charge in [-0.25, -0.2) is 4.79 Å². The van der Waals surface area contributed by atoms with E-state index in [9.17, 15) is 14.7 Å². The van der Waals surface area contributed by atoms with Crippen LogP contribution in [0.25, 0.3) is 6.08 Å². The standard InChI is InChI=1S/C26H21ClN2O5/c1-16-22(25(30)29(28-16)21-5-3-4-19(14-21)26(31)32)12-18-8-11-23(24(13-18)33-2)34-15-17-6-9-20(27)10-7-17/h3-14H,15H2,1-2H3,(H,31,32). The summed E-state index contributed by atoms with van der Waals surface area (Å²) in [6.07, 6.45) is 1.72. The van der Waals surface area contributed by atoms with Gasteiger partial charge < -0.3 is 14.6 Å². The first-order valence-corrected chi connectivity index (χ1v) is 10.7. The highest BCUT2D eigenvalue weighted by Gasteiger charge is 2.29. The molecule has 1 aliphatic heterocycles. The van der Waals surface area contributed by atoms with Gasteiger partial charge in [-0.2, -0.15) is 10.1 Å². The van der Waals surface area contributed by atoms with Crippen molar-refractivity contribution in [2.24, 2.45) is 5.10 Å². The van der Waals surface area contributed by atoms with Crippen LogP contribution in [0.15, 0.2) is 77.4 Å². The summed E-state index contributed by atoms with van der Waals surface area (Å²) < 4.78 is 11.4. The van der Waals surface area contributed by atoms with Crippen LogP contribution in [0.2, 0.25) is 5.02 Å². The zero-order valence-corrected chi connectivity index (χ0v) is 19.2. The summed E-state index contributed by atoms with van der Waals surface area (Å²) in [6, 6.07) is 18.8. The summed E-state index contributed by atoms with van der Waals surface area (Å²) in [5, 5.41) is 15.4. The molecule has 1 aliphatic rings. The first-order chi connectivity index (χ1) is 16.4. The maximum atomic E-state index is 13.0. The third-order valence-electron chi connectivity index (χ3n) is 5.21. The summed E-state index contributed by atoms with van der Waals surface area (Å²) in [7, 11) is 1.55. The summed E-state index contributed by atoms with van der Waals surface area (Å²) in [4.78, 5) is 24.3. The van der Waals surface area contributed by atoms with Crippen molar-refractivity contribution in [3.05, 3.63) is 94.0 Å². The molecule has 7 nitrogen and oxygen atoms in total. The van der Waals surface area contributed by atoms with E-state index in [4.69, 9.17) is 21.1 Å². The number of benzene rings is 3. The van der Waals surface area contributed by atoms with Gasteiger partial charge in [-0.15, -0.1) is 0 Å². The molecule has 1 N–H and O–H groups in total. The monoisotopic (exact) mass is 476 g/mol. The summed E-state index contributed by atoms with van der Waals surface area (Å²) in [5.74, 6) is -0.332. The highest BCUT2D eigenvalue weighted by Crippen LogP contribution is 2.31. The van der Waals surface area contributed by atoms with Gasteiger partial charge in [-0.1, -0.05) is 35.9 Å². The second-order valence-electron chi connectivity index (χ2n) is 7.54. The molecule has 8 heteroatoms. The number of hydrogen-bond acceptors (Lipinski definition) is 5. The third-order valence-corrected chi connectivity index (χ3v) is 5.46. The highest BCUT2D eigenvalue weighted by atomic mass is 35.5. The fraction of sp³-hybridized carbons (Fsp3) is 0.115. The molecule has 3 aromatic rings. The van der Waals surface area contributed by atoms with E-state index in [0.717, 1.165) is 11.1 Å². The largest absolute Gasteiger partial charge is 0.493 e. The number of amides is 1. The SMILES string of the molecule is COc1cc(C=C2C(=O)N(c3cccc(C(=O)O)c3)N=C2C)ccc1OCc1ccc(Cl)cc1. The molecular weight excluding hydrogens is 456 g/mol. The lowest BCUT2D eigenvalue weighted by Crippen LogP contribution is -2.21. The number of carbonyl (C=O) groups excluding carboxylic acids is 1. The Bertz CT molecular complexity index is 1320. The minimum atomic E-state index is -1.07. The Morgan fingerprint density at radius 1 is 1.09 bits per heavy atom. The maximum absolute atomic E-state index is 13.0. The van der Waals surface area contributed by atoms with Crippen molar-refractivity contribution in [3.63, 3.8) is 0 Å². The second-order valence-corrected chi connectivity index (χ2v) is 7.98. The summed E-state index contributed by atoms with van der Waals surface area (Å²) >= 11 is 5.92. The molecule has 1 amide bonds. The number of carboxylic acids is 1. The van der Waals surface area contributed by atoms with Crippen molar-refractivity contribution < 1.29 is 24.2 Å². The Balaban J connectivity index is 1.54. The molecule has 0 aliphatic carbocycles. The number of nitrogens with zero attached hydrogens (tertiary/aromatic N) is 2. The van der Waals surface area contributed by atoms with Crippen LogP contribution < -0.4 is 14.5 Å². The van der Waals surface area contributed by atoms with Crippen LogP contribution in [0.5, 0.6) is 11.5 Å². The molecule has 4 rings (SSSR count). The fourth-order valence-electron chi connectivity index (χ4n) is 3.43. The number of carboxylic acid groups (broad SMARTS) is 1. The van der Waals surface area contributed by atoms with Crippen LogP contribution in [0, 0.1) is 0 Å². The van der Waals surface area contributed by atoms with Crippen LogP contribution in [-0.2, 0) is 11.4 Å². The average Bonchev–Trinajstić information content (AvgIpc) is 3.12. The molecule has 0 aromatic heterocycles. The van der Waals surface area contributed by atoms with Crippen LogP contribution >= 0.6 is 11.6 Å². The van der Waals surface area contributed by atoms with Gasteiger partial charge in [0.1, 0.15) is 6.61 Å². The first kappa shape index (κ1) is 23.1. The predicted molar refractivity (Wildman–Crippen MR) is 131 cm³/mol. The van der Waals surface area contributed by atoms with E-state index in [2.05, 4.69) is 5.10 Å². The number of halogens is 1. The molecule has 0 atom stereocenters. The van der Waals surface area contributed by atoms with E-state index in [1.54, 1.807) is 56.5 Å². The zero-order chi connectivity index (χ0) is 24.2. The molecule has 0 radical (unpaired) electrons. The van der Waals surface area contributed by atoms with Gasteiger partial charge in [0.15, 0.2) is 11.5 Å². The van der Waals surface area contributed by atoms with E-state index in [1.165, 1.54) is 17.1 Å². The van der Waals surface area contributed by atoms with Gasteiger partial charge >= 0.3 is 5.97 Å². The van der Waals surface area contributed by atoms with Gasteiger partial charge in [-0.3, -0.25) is 4.79 Å². The molecule has 0 unspecified atom stereocenters. The van der Waals surface area contributed by atoms with Crippen molar-refractivity contribution in [2.75, 3.05) is 12.1 Å². The van der Waals surface area contributed by atoms with Crippen LogP contribution in [0.3, 0.4) is 0 Å². The van der Waals surface area contributed by atoms with Crippen molar-refractivity contribution in [2.45, 2.75) is 13.5 Å². The van der Waals surface area contributed by atoms with Crippen LogP contribution in [0.4, 0.5) is 5.69 Å². The van der Waals surface area contributed by atoms with Gasteiger partial charge in [-0.05, 0) is 66.6 Å². The minimum absolute atomic E-state index is 0.0782. The molecule has 0 spiro atoms. The number of rotatable bonds is 7. The predicted octanol–water partition coefficient (Wildman–Crippen LogP) is 5.43. The lowest BCUT2D eigenvalue weighted by Gasteiger charge is -2.13. The molecule has 34 heavy (non-hydrogen) atoms. The molecule has 0 saturated heterocycles. The van der Waals surface area contributed by atoms with Crippen molar-refractivity contribution in [3.8, 4) is 11.5 Å².